The molecule has 1 nitrogen and oxygen atoms in total. The fourth-order valence-corrected chi connectivity index (χ4v) is 6.93. The predicted octanol–water partition coefficient (Wildman–Crippen LogP) is 12.5. The van der Waals surface area contributed by atoms with E-state index in [2.05, 4.69) is 199 Å². The van der Waals surface area contributed by atoms with E-state index in [1.807, 2.05) is 0 Å². The van der Waals surface area contributed by atoms with Crippen LogP contribution in [0.1, 0.15) is 22.6 Å². The summed E-state index contributed by atoms with van der Waals surface area (Å²) in [4.78, 5) is 2.35. The second kappa shape index (κ2) is 12.8. The van der Waals surface area contributed by atoms with Gasteiger partial charge in [-0.1, -0.05) is 164 Å². The Morgan fingerprint density at radius 3 is 1.60 bits per heavy atom. The first-order valence-corrected chi connectivity index (χ1v) is 16.4. The zero-order chi connectivity index (χ0) is 31.4. The van der Waals surface area contributed by atoms with Gasteiger partial charge in [0.05, 0.1) is 5.69 Å². The molecule has 0 saturated heterocycles. The number of para-hydroxylation sites is 1. The molecule has 1 atom stereocenters. The summed E-state index contributed by atoms with van der Waals surface area (Å²) < 4.78 is 0. The van der Waals surface area contributed by atoms with Gasteiger partial charge in [-0.05, 0) is 80.7 Å². The van der Waals surface area contributed by atoms with Crippen molar-refractivity contribution in [1.82, 2.24) is 0 Å². The van der Waals surface area contributed by atoms with Gasteiger partial charge < -0.3 is 4.90 Å². The monoisotopic (exact) mass is 601 g/mol. The average molecular weight is 602 g/mol. The largest absolute Gasteiger partial charge is 0.310 e. The van der Waals surface area contributed by atoms with Crippen LogP contribution in [0.4, 0.5) is 17.1 Å². The molecule has 0 spiro atoms. The van der Waals surface area contributed by atoms with Crippen molar-refractivity contribution >= 4 is 38.6 Å². The topological polar surface area (TPSA) is 3.24 Å². The van der Waals surface area contributed by atoms with Gasteiger partial charge in [0, 0.05) is 22.7 Å². The normalized spacial score (nSPS) is 11.8. The second-order valence-corrected chi connectivity index (χ2v) is 12.1. The molecule has 8 rings (SSSR count). The van der Waals surface area contributed by atoms with Crippen LogP contribution in [0.2, 0.25) is 0 Å². The van der Waals surface area contributed by atoms with E-state index in [9.17, 15) is 0 Å². The first-order chi connectivity index (χ1) is 23.3. The maximum absolute atomic E-state index is 2.35. The number of fused-ring (bicyclic) bond motifs is 2. The molecule has 47 heavy (non-hydrogen) atoms. The molecular formula is C46H35N. The Balaban J connectivity index is 1.10. The molecule has 0 aliphatic carbocycles. The molecule has 8 aromatic rings. The Hall–Kier alpha value is -5.92. The lowest BCUT2D eigenvalue weighted by atomic mass is 9.83. The zero-order valence-corrected chi connectivity index (χ0v) is 26.2. The molecule has 224 valence electrons. The molecule has 0 aliphatic rings. The summed E-state index contributed by atoms with van der Waals surface area (Å²) in [5, 5.41) is 5.08. The number of nitrogens with zero attached hydrogens (tertiary/aromatic N) is 1. The van der Waals surface area contributed by atoms with Crippen molar-refractivity contribution in [3.8, 4) is 11.1 Å². The van der Waals surface area contributed by atoms with Crippen molar-refractivity contribution in [2.75, 3.05) is 4.90 Å². The van der Waals surface area contributed by atoms with Crippen LogP contribution >= 0.6 is 0 Å². The summed E-state index contributed by atoms with van der Waals surface area (Å²) in [5.74, 6) is 0.269. The maximum atomic E-state index is 2.35. The summed E-state index contributed by atoms with van der Waals surface area (Å²) >= 11 is 0. The molecule has 0 N–H and O–H groups in total. The van der Waals surface area contributed by atoms with Gasteiger partial charge in [-0.15, -0.1) is 0 Å². The van der Waals surface area contributed by atoms with E-state index in [-0.39, 0.29) is 5.92 Å². The summed E-state index contributed by atoms with van der Waals surface area (Å²) in [6, 6.07) is 70.3. The molecule has 0 aliphatic heterocycles. The van der Waals surface area contributed by atoms with Crippen LogP contribution in [0.3, 0.4) is 0 Å². The maximum Gasteiger partial charge on any atom is 0.0540 e. The molecule has 0 heterocycles. The van der Waals surface area contributed by atoms with E-state index >= 15 is 0 Å². The Bertz CT molecular complexity index is 2240. The highest BCUT2D eigenvalue weighted by Crippen LogP contribution is 2.39. The number of benzene rings is 8. The van der Waals surface area contributed by atoms with Gasteiger partial charge in [-0.2, -0.15) is 0 Å². The molecule has 8 aromatic carbocycles. The molecule has 0 amide bonds. The fraction of sp³-hybridized carbons (Fsp3) is 0.0435. The van der Waals surface area contributed by atoms with E-state index in [1.54, 1.807) is 0 Å². The third-order valence-corrected chi connectivity index (χ3v) is 9.28. The third kappa shape index (κ3) is 5.80. The number of hydrogen-bond acceptors (Lipinski definition) is 1. The van der Waals surface area contributed by atoms with Crippen molar-refractivity contribution in [2.24, 2.45) is 0 Å². The molecule has 0 bridgehead atoms. The zero-order valence-electron chi connectivity index (χ0n) is 26.2. The molecule has 0 radical (unpaired) electrons. The van der Waals surface area contributed by atoms with Crippen LogP contribution in [0.25, 0.3) is 32.7 Å². The van der Waals surface area contributed by atoms with E-state index in [4.69, 9.17) is 0 Å². The van der Waals surface area contributed by atoms with Crippen LogP contribution in [-0.2, 0) is 6.42 Å². The molecular weight excluding hydrogens is 567 g/mol. The van der Waals surface area contributed by atoms with Crippen LogP contribution in [0.5, 0.6) is 0 Å². The SMILES string of the molecule is c1ccc(C(Cc2ccc(-c3ccc(N(c4ccccc4)c4cccc5ccccc45)cc3)cc2)c2cccc3ccccc23)cc1. The van der Waals surface area contributed by atoms with Crippen LogP contribution in [0, 0.1) is 0 Å². The van der Waals surface area contributed by atoms with Gasteiger partial charge in [0.15, 0.2) is 0 Å². The number of hydrogen-bond donors (Lipinski definition) is 0. The van der Waals surface area contributed by atoms with Crippen molar-refractivity contribution < 1.29 is 0 Å². The first kappa shape index (κ1) is 28.5. The minimum Gasteiger partial charge on any atom is -0.310 e. The molecule has 1 heteroatoms. The highest BCUT2D eigenvalue weighted by atomic mass is 15.1. The van der Waals surface area contributed by atoms with Crippen LogP contribution < -0.4 is 4.90 Å². The van der Waals surface area contributed by atoms with Gasteiger partial charge >= 0.3 is 0 Å². The Morgan fingerprint density at radius 1 is 0.383 bits per heavy atom. The van der Waals surface area contributed by atoms with Gasteiger partial charge in [0.1, 0.15) is 0 Å². The van der Waals surface area contributed by atoms with Crippen molar-refractivity contribution in [2.45, 2.75) is 12.3 Å². The highest BCUT2D eigenvalue weighted by Gasteiger charge is 2.18. The molecule has 0 saturated carbocycles. The van der Waals surface area contributed by atoms with Crippen LogP contribution in [0.15, 0.2) is 194 Å². The van der Waals surface area contributed by atoms with E-state index < -0.39 is 0 Å². The van der Waals surface area contributed by atoms with Crippen molar-refractivity contribution in [3.63, 3.8) is 0 Å². The Kier molecular flexibility index (Phi) is 7.79. The molecule has 1 unspecified atom stereocenters. The van der Waals surface area contributed by atoms with Gasteiger partial charge in [0.25, 0.3) is 0 Å². The third-order valence-electron chi connectivity index (χ3n) is 9.28. The summed E-state index contributed by atoms with van der Waals surface area (Å²) in [7, 11) is 0. The lowest BCUT2D eigenvalue weighted by Gasteiger charge is -2.27. The van der Waals surface area contributed by atoms with Crippen molar-refractivity contribution in [3.05, 3.63) is 211 Å². The minimum atomic E-state index is 0.269. The lowest BCUT2D eigenvalue weighted by Crippen LogP contribution is -2.10. The van der Waals surface area contributed by atoms with Gasteiger partial charge in [-0.3, -0.25) is 0 Å². The summed E-state index contributed by atoms with van der Waals surface area (Å²) in [5.41, 5.74) is 9.93. The lowest BCUT2D eigenvalue weighted by molar-refractivity contribution is 0.812. The standard InChI is InChI=1S/C46H35N/c1-3-13-39(14-4-1)45(44-23-11-17-37-15-7-9-21-42(37)44)33-34-25-27-35(28-26-34)36-29-31-41(32-30-36)47(40-19-5-2-6-20-40)46-24-12-18-38-16-8-10-22-43(38)46/h1-32,45H,33H2. The minimum absolute atomic E-state index is 0.269. The number of rotatable bonds is 8. The summed E-state index contributed by atoms with van der Waals surface area (Å²) in [6.45, 7) is 0. The van der Waals surface area contributed by atoms with Gasteiger partial charge in [-0.25, -0.2) is 0 Å². The first-order valence-electron chi connectivity index (χ1n) is 16.4. The fourth-order valence-electron chi connectivity index (χ4n) is 6.93. The summed E-state index contributed by atoms with van der Waals surface area (Å²) in [6.07, 6.45) is 0.939. The van der Waals surface area contributed by atoms with Crippen LogP contribution in [-0.4, -0.2) is 0 Å². The molecule has 0 fully saturated rings. The predicted molar refractivity (Wildman–Crippen MR) is 200 cm³/mol. The van der Waals surface area contributed by atoms with Gasteiger partial charge in [0.2, 0.25) is 0 Å². The average Bonchev–Trinajstić information content (AvgIpc) is 3.15. The molecule has 0 aromatic heterocycles. The second-order valence-electron chi connectivity index (χ2n) is 12.1. The van der Waals surface area contributed by atoms with Crippen molar-refractivity contribution in [1.29, 1.82) is 0 Å². The Morgan fingerprint density at radius 2 is 0.894 bits per heavy atom. The quantitative estimate of drug-likeness (QED) is 0.167. The van der Waals surface area contributed by atoms with E-state index in [0.29, 0.717) is 0 Å². The van der Waals surface area contributed by atoms with E-state index in [1.165, 1.54) is 55.0 Å². The Labute approximate surface area is 277 Å². The smallest absolute Gasteiger partial charge is 0.0540 e. The number of anilines is 3. The highest BCUT2D eigenvalue weighted by molar-refractivity contribution is 5.99. The van der Waals surface area contributed by atoms with E-state index in [0.717, 1.165) is 17.8 Å².